The number of hydrogen-bond acceptors (Lipinski definition) is 0. The van der Waals surface area contributed by atoms with Crippen molar-refractivity contribution < 1.29 is 0 Å². The first-order chi connectivity index (χ1) is 9.99. The van der Waals surface area contributed by atoms with Crippen molar-refractivity contribution in [2.75, 3.05) is 0 Å². The van der Waals surface area contributed by atoms with Crippen molar-refractivity contribution in [2.45, 2.75) is 34.6 Å². The van der Waals surface area contributed by atoms with Gasteiger partial charge < -0.3 is 0 Å². The summed E-state index contributed by atoms with van der Waals surface area (Å²) in [5.74, 6) is 0. The Morgan fingerprint density at radius 3 is 2.00 bits per heavy atom. The van der Waals surface area contributed by atoms with Crippen LogP contribution in [0.3, 0.4) is 0 Å². The van der Waals surface area contributed by atoms with Gasteiger partial charge in [-0.3, -0.25) is 0 Å². The standard InChI is InChI=1S/C21H20/c1-11-9-16-6-7-17-12(2)8-13(3)18-10-14(4)19(15(11)5)20(16)21(17)18/h6-10H,1-5H3. The first-order valence-electron chi connectivity index (χ1n) is 7.64. The Bertz CT molecular complexity index is 1020. The summed E-state index contributed by atoms with van der Waals surface area (Å²) in [4.78, 5) is 0. The lowest BCUT2D eigenvalue weighted by Crippen LogP contribution is -1.94. The van der Waals surface area contributed by atoms with Crippen molar-refractivity contribution in [1.82, 2.24) is 0 Å². The van der Waals surface area contributed by atoms with E-state index >= 15 is 0 Å². The fraction of sp³-hybridized carbons (Fsp3) is 0.238. The van der Waals surface area contributed by atoms with Gasteiger partial charge in [0.05, 0.1) is 0 Å². The average molecular weight is 272 g/mol. The summed E-state index contributed by atoms with van der Waals surface area (Å²) >= 11 is 0. The predicted molar refractivity (Wildman–Crippen MR) is 93.8 cm³/mol. The lowest BCUT2D eigenvalue weighted by Gasteiger charge is -2.19. The second-order valence-corrected chi connectivity index (χ2v) is 6.53. The summed E-state index contributed by atoms with van der Waals surface area (Å²) in [6, 6.07) is 11.6. The third-order valence-electron chi connectivity index (χ3n) is 5.13. The lowest BCUT2D eigenvalue weighted by atomic mass is 9.85. The molecule has 0 fully saturated rings. The minimum atomic E-state index is 1.37. The molecule has 0 heterocycles. The summed E-state index contributed by atoms with van der Waals surface area (Å²) in [5.41, 5.74) is 6.97. The maximum atomic E-state index is 2.38. The molecule has 0 aliphatic rings. The van der Waals surface area contributed by atoms with Crippen LogP contribution in [0.15, 0.2) is 30.3 Å². The Morgan fingerprint density at radius 2 is 1.24 bits per heavy atom. The summed E-state index contributed by atoms with van der Waals surface area (Å²) in [5, 5.41) is 8.55. The zero-order valence-corrected chi connectivity index (χ0v) is 13.4. The highest BCUT2D eigenvalue weighted by atomic mass is 14.2. The molecule has 4 aromatic carbocycles. The molecule has 21 heavy (non-hydrogen) atoms. The van der Waals surface area contributed by atoms with Gasteiger partial charge in [0, 0.05) is 0 Å². The molecule has 0 aliphatic heterocycles. The van der Waals surface area contributed by atoms with Gasteiger partial charge in [0.2, 0.25) is 0 Å². The molecule has 0 nitrogen and oxygen atoms in total. The Labute approximate surface area is 125 Å². The van der Waals surface area contributed by atoms with Crippen molar-refractivity contribution in [2.24, 2.45) is 0 Å². The van der Waals surface area contributed by atoms with Crippen molar-refractivity contribution >= 4 is 32.3 Å². The van der Waals surface area contributed by atoms with E-state index in [1.54, 1.807) is 0 Å². The van der Waals surface area contributed by atoms with Crippen LogP contribution in [0.4, 0.5) is 0 Å². The fourth-order valence-electron chi connectivity index (χ4n) is 3.99. The summed E-state index contributed by atoms with van der Waals surface area (Å²) in [6.07, 6.45) is 0. The van der Waals surface area contributed by atoms with E-state index in [4.69, 9.17) is 0 Å². The smallest absolute Gasteiger partial charge is 0.00211 e. The molecular formula is C21H20. The van der Waals surface area contributed by atoms with Crippen LogP contribution < -0.4 is 0 Å². The van der Waals surface area contributed by atoms with Crippen LogP contribution in [0.5, 0.6) is 0 Å². The Balaban J connectivity index is 2.48. The lowest BCUT2D eigenvalue weighted by molar-refractivity contribution is 1.37. The molecule has 0 aromatic heterocycles. The van der Waals surface area contributed by atoms with Crippen LogP contribution in [-0.4, -0.2) is 0 Å². The molecule has 4 aromatic rings. The third kappa shape index (κ3) is 1.51. The third-order valence-corrected chi connectivity index (χ3v) is 5.13. The van der Waals surface area contributed by atoms with E-state index in [0.717, 1.165) is 0 Å². The van der Waals surface area contributed by atoms with Crippen molar-refractivity contribution in [1.29, 1.82) is 0 Å². The Hall–Kier alpha value is -2.08. The van der Waals surface area contributed by atoms with Crippen molar-refractivity contribution in [3.05, 3.63) is 58.1 Å². The number of aryl methyl sites for hydroxylation is 5. The van der Waals surface area contributed by atoms with E-state index in [-0.39, 0.29) is 0 Å². The quantitative estimate of drug-likeness (QED) is 0.338. The molecule has 0 bridgehead atoms. The van der Waals surface area contributed by atoms with E-state index in [2.05, 4.69) is 65.0 Å². The normalized spacial score (nSPS) is 12.0. The van der Waals surface area contributed by atoms with Gasteiger partial charge in [-0.1, -0.05) is 30.3 Å². The second kappa shape index (κ2) is 3.98. The van der Waals surface area contributed by atoms with E-state index in [0.29, 0.717) is 0 Å². The molecule has 0 atom stereocenters. The minimum Gasteiger partial charge on any atom is -0.0551 e. The van der Waals surface area contributed by atoms with Gasteiger partial charge in [0.25, 0.3) is 0 Å². The van der Waals surface area contributed by atoms with E-state index in [1.807, 2.05) is 0 Å². The van der Waals surface area contributed by atoms with Gasteiger partial charge in [0.15, 0.2) is 0 Å². The Kier molecular flexibility index (Phi) is 2.39. The van der Waals surface area contributed by atoms with Crippen molar-refractivity contribution in [3.63, 3.8) is 0 Å². The van der Waals surface area contributed by atoms with Crippen LogP contribution in [-0.2, 0) is 0 Å². The molecule has 0 N–H and O–H groups in total. The van der Waals surface area contributed by atoms with Gasteiger partial charge in [-0.05, 0) is 94.8 Å². The van der Waals surface area contributed by atoms with Crippen LogP contribution >= 0.6 is 0 Å². The summed E-state index contributed by atoms with van der Waals surface area (Å²) in [7, 11) is 0. The first-order valence-corrected chi connectivity index (χ1v) is 7.64. The Morgan fingerprint density at radius 1 is 0.524 bits per heavy atom. The average Bonchev–Trinajstić information content (AvgIpc) is 2.44. The molecule has 0 spiro atoms. The van der Waals surface area contributed by atoms with Gasteiger partial charge in [0.1, 0.15) is 0 Å². The van der Waals surface area contributed by atoms with Gasteiger partial charge in [-0.25, -0.2) is 0 Å². The molecule has 0 saturated carbocycles. The second-order valence-electron chi connectivity index (χ2n) is 6.53. The predicted octanol–water partition coefficient (Wildman–Crippen LogP) is 6.13. The van der Waals surface area contributed by atoms with Crippen molar-refractivity contribution in [3.8, 4) is 0 Å². The van der Waals surface area contributed by atoms with Crippen LogP contribution in [0.1, 0.15) is 27.8 Å². The first kappa shape index (κ1) is 12.6. The van der Waals surface area contributed by atoms with Gasteiger partial charge in [-0.2, -0.15) is 0 Å². The minimum absolute atomic E-state index is 1.37. The molecule has 104 valence electrons. The fourth-order valence-corrected chi connectivity index (χ4v) is 3.99. The van der Waals surface area contributed by atoms with Crippen LogP contribution in [0.2, 0.25) is 0 Å². The number of hydrogen-bond donors (Lipinski definition) is 0. The summed E-state index contributed by atoms with van der Waals surface area (Å²) < 4.78 is 0. The number of rotatable bonds is 0. The van der Waals surface area contributed by atoms with Crippen LogP contribution in [0.25, 0.3) is 32.3 Å². The molecule has 0 unspecified atom stereocenters. The van der Waals surface area contributed by atoms with E-state index < -0.39 is 0 Å². The molecule has 0 aliphatic carbocycles. The highest BCUT2D eigenvalue weighted by molar-refractivity contribution is 6.25. The van der Waals surface area contributed by atoms with E-state index in [1.165, 1.54) is 60.1 Å². The monoisotopic (exact) mass is 272 g/mol. The molecule has 0 saturated heterocycles. The number of benzene rings is 4. The highest BCUT2D eigenvalue weighted by Gasteiger charge is 2.15. The highest BCUT2D eigenvalue weighted by Crippen LogP contribution is 2.41. The molecule has 4 rings (SSSR count). The summed E-state index contributed by atoms with van der Waals surface area (Å²) in [6.45, 7) is 11.2. The topological polar surface area (TPSA) is 0 Å². The van der Waals surface area contributed by atoms with Crippen LogP contribution in [0, 0.1) is 34.6 Å². The van der Waals surface area contributed by atoms with E-state index in [9.17, 15) is 0 Å². The molecule has 0 amide bonds. The molecule has 0 radical (unpaired) electrons. The molecule has 0 heteroatoms. The SMILES string of the molecule is Cc1cc2ccc3c(C)cc(C)c4cc(C)c(c1C)c2c34. The zero-order valence-electron chi connectivity index (χ0n) is 13.4. The largest absolute Gasteiger partial charge is 0.0551 e. The zero-order chi connectivity index (χ0) is 14.9. The maximum absolute atomic E-state index is 2.38. The van der Waals surface area contributed by atoms with Gasteiger partial charge in [-0.15, -0.1) is 0 Å². The molecular weight excluding hydrogens is 252 g/mol. The maximum Gasteiger partial charge on any atom is -0.00211 e. The van der Waals surface area contributed by atoms with Gasteiger partial charge >= 0.3 is 0 Å².